The number of H-pyrrole nitrogens is 1. The highest BCUT2D eigenvalue weighted by Gasteiger charge is 2.37. The summed E-state index contributed by atoms with van der Waals surface area (Å²) in [6, 6.07) is 1.82. The average Bonchev–Trinajstić information content (AvgIpc) is 3.28. The van der Waals surface area contributed by atoms with Crippen molar-refractivity contribution < 1.29 is 13.5 Å². The topological polar surface area (TPSA) is 128 Å². The fourth-order valence-electron chi connectivity index (χ4n) is 4.42. The van der Waals surface area contributed by atoms with Crippen LogP contribution >= 0.6 is 0 Å². The van der Waals surface area contributed by atoms with Crippen LogP contribution < -0.4 is 10.6 Å². The van der Waals surface area contributed by atoms with Crippen LogP contribution in [0.25, 0.3) is 11.0 Å². The molecule has 0 amide bonds. The molecule has 28 heavy (non-hydrogen) atoms. The zero-order valence-corrected chi connectivity index (χ0v) is 16.8. The third-order valence-electron chi connectivity index (χ3n) is 6.17. The molecule has 1 saturated heterocycles. The van der Waals surface area contributed by atoms with Crippen molar-refractivity contribution in [2.75, 3.05) is 30.8 Å². The number of hydrogen-bond donors (Lipinski definition) is 3. The van der Waals surface area contributed by atoms with Crippen molar-refractivity contribution in [3.8, 4) is 0 Å². The van der Waals surface area contributed by atoms with Crippen molar-refractivity contribution in [2.45, 2.75) is 43.9 Å². The molecule has 0 radical (unpaired) electrons. The molecule has 4 N–H and O–H groups in total. The smallest absolute Gasteiger partial charge is 0.214 e. The molecule has 1 saturated carbocycles. The lowest BCUT2D eigenvalue weighted by Gasteiger charge is -2.35. The molecule has 4 rings (SSSR count). The van der Waals surface area contributed by atoms with Crippen molar-refractivity contribution in [1.29, 1.82) is 0 Å². The Morgan fingerprint density at radius 2 is 2.04 bits per heavy atom. The van der Waals surface area contributed by atoms with Crippen LogP contribution in [0.2, 0.25) is 0 Å². The largest absolute Gasteiger partial charge is 0.390 e. The lowest BCUT2D eigenvalue weighted by molar-refractivity contribution is 0.174. The van der Waals surface area contributed by atoms with Crippen molar-refractivity contribution >= 4 is 26.9 Å². The lowest BCUT2D eigenvalue weighted by atomic mass is 9.86. The zero-order valence-electron chi connectivity index (χ0n) is 16.0. The molecule has 2 aliphatic rings. The molecule has 154 valence electrons. The first-order valence-corrected chi connectivity index (χ1v) is 11.4. The maximum Gasteiger partial charge on any atom is 0.214 e. The van der Waals surface area contributed by atoms with Gasteiger partial charge in [-0.15, -0.1) is 0 Å². The molecule has 9 nitrogen and oxygen atoms in total. The second-order valence-electron chi connectivity index (χ2n) is 8.05. The molecule has 0 aromatic carbocycles. The summed E-state index contributed by atoms with van der Waals surface area (Å²) >= 11 is 0. The lowest BCUT2D eigenvalue weighted by Crippen LogP contribution is -2.39. The van der Waals surface area contributed by atoms with Gasteiger partial charge in [0.25, 0.3) is 0 Å². The number of hydrogen-bond acceptors (Lipinski definition) is 7. The first kappa shape index (κ1) is 19.6. The van der Waals surface area contributed by atoms with Gasteiger partial charge in [0.1, 0.15) is 17.8 Å². The third-order valence-corrected chi connectivity index (χ3v) is 8.15. The Balaban J connectivity index is 1.36. The molecular formula is C18H28N6O3S. The standard InChI is InChI=1S/C18H28N6O3S/c1-23(18-14-6-7-20-17(14)21-11-22-18)13-4-2-12(3-5-13)10-28(26,27)24-8-15(19)16(25)9-24/h6-7,11-13,15-16,25H,2-5,8-10,19H2,1H3,(H,20,21,22)/t12?,13?,15-,16-/m1/s1. The minimum absolute atomic E-state index is 0.113. The van der Waals surface area contributed by atoms with E-state index in [-0.39, 0.29) is 24.8 Å². The van der Waals surface area contributed by atoms with E-state index in [0.717, 1.165) is 42.5 Å². The number of anilines is 1. The number of fused-ring (bicyclic) bond motifs is 1. The molecule has 0 spiro atoms. The molecule has 10 heteroatoms. The van der Waals surface area contributed by atoms with E-state index in [9.17, 15) is 13.5 Å². The van der Waals surface area contributed by atoms with Crippen LogP contribution in [0.1, 0.15) is 25.7 Å². The van der Waals surface area contributed by atoms with Crippen LogP contribution in [0.4, 0.5) is 5.82 Å². The first-order chi connectivity index (χ1) is 13.3. The molecule has 2 atom stereocenters. The summed E-state index contributed by atoms with van der Waals surface area (Å²) in [5.41, 5.74) is 6.58. The van der Waals surface area contributed by atoms with Gasteiger partial charge in [-0.1, -0.05) is 0 Å². The van der Waals surface area contributed by atoms with Gasteiger partial charge in [0, 0.05) is 38.4 Å². The summed E-state index contributed by atoms with van der Waals surface area (Å²) in [5.74, 6) is 1.18. The summed E-state index contributed by atoms with van der Waals surface area (Å²) in [5, 5.41) is 10.8. The number of aliphatic hydroxyl groups is 1. The van der Waals surface area contributed by atoms with Gasteiger partial charge in [-0.05, 0) is 37.7 Å². The summed E-state index contributed by atoms with van der Waals surface area (Å²) in [7, 11) is -1.34. The Bertz CT molecular complexity index is 914. The quantitative estimate of drug-likeness (QED) is 0.648. The van der Waals surface area contributed by atoms with E-state index in [1.165, 1.54) is 4.31 Å². The van der Waals surface area contributed by atoms with E-state index < -0.39 is 22.2 Å². The van der Waals surface area contributed by atoms with Crippen molar-refractivity contribution in [1.82, 2.24) is 19.3 Å². The van der Waals surface area contributed by atoms with E-state index in [1.54, 1.807) is 6.33 Å². The van der Waals surface area contributed by atoms with Crippen LogP contribution in [-0.2, 0) is 10.0 Å². The van der Waals surface area contributed by atoms with Crippen LogP contribution in [0.3, 0.4) is 0 Å². The van der Waals surface area contributed by atoms with Gasteiger partial charge in [0.05, 0.1) is 17.2 Å². The first-order valence-electron chi connectivity index (χ1n) is 9.77. The number of aromatic nitrogens is 3. The van der Waals surface area contributed by atoms with Gasteiger partial charge >= 0.3 is 0 Å². The van der Waals surface area contributed by atoms with E-state index in [2.05, 4.69) is 19.9 Å². The monoisotopic (exact) mass is 408 g/mol. The van der Waals surface area contributed by atoms with Crippen LogP contribution in [-0.4, -0.2) is 76.9 Å². The van der Waals surface area contributed by atoms with Crippen LogP contribution in [0, 0.1) is 5.92 Å². The Morgan fingerprint density at radius 1 is 1.29 bits per heavy atom. The second kappa shape index (κ2) is 7.58. The molecule has 2 fully saturated rings. The predicted octanol–water partition coefficient (Wildman–Crippen LogP) is 0.287. The molecular weight excluding hydrogens is 380 g/mol. The highest BCUT2D eigenvalue weighted by molar-refractivity contribution is 7.89. The number of nitrogens with two attached hydrogens (primary N) is 1. The number of nitrogens with zero attached hydrogens (tertiary/aromatic N) is 4. The average molecular weight is 409 g/mol. The molecule has 0 unspecified atom stereocenters. The molecule has 1 aliphatic carbocycles. The van der Waals surface area contributed by atoms with E-state index >= 15 is 0 Å². The van der Waals surface area contributed by atoms with Gasteiger partial charge in [-0.2, -0.15) is 4.31 Å². The van der Waals surface area contributed by atoms with Gasteiger partial charge in [0.15, 0.2) is 0 Å². The predicted molar refractivity (Wildman–Crippen MR) is 107 cm³/mol. The Hall–Kier alpha value is -1.75. The number of aromatic amines is 1. The van der Waals surface area contributed by atoms with E-state index in [0.29, 0.717) is 6.04 Å². The fraction of sp³-hybridized carbons (Fsp3) is 0.667. The Labute approximate surface area is 165 Å². The zero-order chi connectivity index (χ0) is 19.9. The summed E-state index contributed by atoms with van der Waals surface area (Å²) in [4.78, 5) is 14.0. The highest BCUT2D eigenvalue weighted by Crippen LogP contribution is 2.32. The maximum absolute atomic E-state index is 12.7. The molecule has 2 aromatic rings. The van der Waals surface area contributed by atoms with Gasteiger partial charge in [0.2, 0.25) is 10.0 Å². The van der Waals surface area contributed by atoms with Gasteiger partial charge < -0.3 is 20.7 Å². The third kappa shape index (κ3) is 3.73. The summed E-state index contributed by atoms with van der Waals surface area (Å²) in [6.07, 6.45) is 6.23. The Kier molecular flexibility index (Phi) is 5.30. The van der Waals surface area contributed by atoms with Crippen LogP contribution in [0.15, 0.2) is 18.6 Å². The van der Waals surface area contributed by atoms with Crippen molar-refractivity contribution in [3.63, 3.8) is 0 Å². The molecule has 1 aliphatic heterocycles. The molecule has 2 aromatic heterocycles. The second-order valence-corrected chi connectivity index (χ2v) is 10.1. The number of sulfonamides is 1. The maximum atomic E-state index is 12.7. The summed E-state index contributed by atoms with van der Waals surface area (Å²) in [6.45, 7) is 0.323. The summed E-state index contributed by atoms with van der Waals surface area (Å²) < 4.78 is 26.7. The van der Waals surface area contributed by atoms with E-state index in [4.69, 9.17) is 5.73 Å². The number of nitrogens with one attached hydrogen (secondary N) is 1. The van der Waals surface area contributed by atoms with E-state index in [1.807, 2.05) is 19.3 Å². The van der Waals surface area contributed by atoms with Crippen LogP contribution in [0.5, 0.6) is 0 Å². The number of aliphatic hydroxyl groups excluding tert-OH is 1. The number of rotatable bonds is 5. The van der Waals surface area contributed by atoms with Gasteiger partial charge in [-0.3, -0.25) is 0 Å². The van der Waals surface area contributed by atoms with Crippen molar-refractivity contribution in [2.24, 2.45) is 11.7 Å². The fourth-order valence-corrected chi connectivity index (χ4v) is 6.34. The van der Waals surface area contributed by atoms with Gasteiger partial charge in [-0.25, -0.2) is 18.4 Å². The molecule has 0 bridgehead atoms. The minimum atomic E-state index is -3.38. The normalized spacial score (nSPS) is 29.4. The minimum Gasteiger partial charge on any atom is -0.390 e. The molecule has 3 heterocycles. The number of β-amino-alcohol motifs (C(OH)–C–C–N with tert-alkyl or cyclic N) is 1. The Morgan fingerprint density at radius 3 is 2.71 bits per heavy atom. The van der Waals surface area contributed by atoms with Crippen molar-refractivity contribution in [3.05, 3.63) is 18.6 Å². The highest BCUT2D eigenvalue weighted by atomic mass is 32.2. The SMILES string of the molecule is CN(c1ncnc2[nH]ccc12)C1CCC(CS(=O)(=O)N2C[C@@H](N)[C@H](O)C2)CC1.